The summed E-state index contributed by atoms with van der Waals surface area (Å²) in [7, 11) is 0. The van der Waals surface area contributed by atoms with Gasteiger partial charge in [0, 0.05) is 5.75 Å². The molecular weight excluding hydrogens is 260 g/mol. The molecule has 2 atom stereocenters. The van der Waals surface area contributed by atoms with Gasteiger partial charge in [-0.1, -0.05) is 41.5 Å². The van der Waals surface area contributed by atoms with Crippen LogP contribution in [0.3, 0.4) is 0 Å². The van der Waals surface area contributed by atoms with E-state index in [9.17, 15) is 4.79 Å². The van der Waals surface area contributed by atoms with Gasteiger partial charge in [0.1, 0.15) is 0 Å². The quantitative estimate of drug-likeness (QED) is 0.742. The Hall–Kier alpha value is -0.220. The van der Waals surface area contributed by atoms with Gasteiger partial charge in [-0.2, -0.15) is 11.8 Å². The SMILES string of the molecule is CC(C)(C)CC(C(=O)O[C@@H]1CSCCO1)C(C)(C)C. The van der Waals surface area contributed by atoms with Gasteiger partial charge in [0.25, 0.3) is 0 Å². The lowest BCUT2D eigenvalue weighted by molar-refractivity contribution is -0.183. The van der Waals surface area contributed by atoms with Crippen LogP contribution in [0.5, 0.6) is 0 Å². The molecule has 3 nitrogen and oxygen atoms in total. The maximum Gasteiger partial charge on any atom is 0.311 e. The lowest BCUT2D eigenvalue weighted by atomic mass is 9.72. The van der Waals surface area contributed by atoms with Gasteiger partial charge in [0.2, 0.25) is 6.29 Å². The summed E-state index contributed by atoms with van der Waals surface area (Å²) in [5, 5.41) is 0. The number of esters is 1. The molecule has 0 N–H and O–H groups in total. The highest BCUT2D eigenvalue weighted by Gasteiger charge is 2.37. The summed E-state index contributed by atoms with van der Waals surface area (Å²) in [4.78, 5) is 12.4. The van der Waals surface area contributed by atoms with Crippen molar-refractivity contribution in [3.8, 4) is 0 Å². The Morgan fingerprint density at radius 2 is 1.95 bits per heavy atom. The summed E-state index contributed by atoms with van der Waals surface area (Å²) in [5.41, 5.74) is 0.0192. The Morgan fingerprint density at radius 3 is 2.37 bits per heavy atom. The van der Waals surface area contributed by atoms with Gasteiger partial charge in [-0.25, -0.2) is 0 Å². The van der Waals surface area contributed by atoms with Crippen LogP contribution in [-0.2, 0) is 14.3 Å². The summed E-state index contributed by atoms with van der Waals surface area (Å²) in [6, 6.07) is 0. The minimum atomic E-state index is -0.365. The first kappa shape index (κ1) is 16.8. The summed E-state index contributed by atoms with van der Waals surface area (Å²) < 4.78 is 11.0. The number of carbonyl (C=O) groups excluding carboxylic acids is 1. The second-order valence-corrected chi connectivity index (χ2v) is 8.65. The molecule has 1 aliphatic heterocycles. The molecule has 0 aromatic carbocycles. The van der Waals surface area contributed by atoms with Crippen molar-refractivity contribution in [1.82, 2.24) is 0 Å². The van der Waals surface area contributed by atoms with Gasteiger partial charge >= 0.3 is 5.97 Å². The first-order valence-electron chi connectivity index (χ1n) is 6.99. The van der Waals surface area contributed by atoms with E-state index in [-0.39, 0.29) is 29.0 Å². The Balaban J connectivity index is 2.66. The van der Waals surface area contributed by atoms with Gasteiger partial charge < -0.3 is 9.47 Å². The van der Waals surface area contributed by atoms with Crippen LogP contribution in [0.25, 0.3) is 0 Å². The molecule has 0 aromatic rings. The van der Waals surface area contributed by atoms with E-state index in [1.54, 1.807) is 11.8 Å². The van der Waals surface area contributed by atoms with Crippen molar-refractivity contribution in [3.63, 3.8) is 0 Å². The van der Waals surface area contributed by atoms with Crippen molar-refractivity contribution >= 4 is 17.7 Å². The maximum absolute atomic E-state index is 12.4. The topological polar surface area (TPSA) is 35.5 Å². The Morgan fingerprint density at radius 1 is 1.32 bits per heavy atom. The lowest BCUT2D eigenvalue weighted by Gasteiger charge is -2.35. The van der Waals surface area contributed by atoms with Gasteiger partial charge in [0.05, 0.1) is 18.3 Å². The van der Waals surface area contributed by atoms with Crippen molar-refractivity contribution < 1.29 is 14.3 Å². The zero-order chi connectivity index (χ0) is 14.7. The highest BCUT2D eigenvalue weighted by Crippen LogP contribution is 2.37. The van der Waals surface area contributed by atoms with Gasteiger partial charge in [-0.3, -0.25) is 4.79 Å². The minimum absolute atomic E-state index is 0.0911. The van der Waals surface area contributed by atoms with E-state index in [0.29, 0.717) is 6.61 Å². The van der Waals surface area contributed by atoms with E-state index in [0.717, 1.165) is 17.9 Å². The maximum atomic E-state index is 12.4. The molecule has 1 heterocycles. The lowest BCUT2D eigenvalue weighted by Crippen LogP contribution is -2.38. The zero-order valence-corrected chi connectivity index (χ0v) is 13.9. The molecule has 1 saturated heterocycles. The van der Waals surface area contributed by atoms with Crippen LogP contribution in [0.2, 0.25) is 0 Å². The van der Waals surface area contributed by atoms with Crippen LogP contribution in [0.15, 0.2) is 0 Å². The number of ether oxygens (including phenoxy) is 2. The third-order valence-corrected chi connectivity index (χ3v) is 4.14. The van der Waals surface area contributed by atoms with Crippen LogP contribution >= 0.6 is 11.8 Å². The fourth-order valence-electron chi connectivity index (χ4n) is 2.10. The number of thioether (sulfide) groups is 1. The number of carbonyl (C=O) groups is 1. The first-order valence-corrected chi connectivity index (χ1v) is 8.15. The van der Waals surface area contributed by atoms with E-state index in [4.69, 9.17) is 9.47 Å². The van der Waals surface area contributed by atoms with Crippen molar-refractivity contribution in [2.45, 2.75) is 54.3 Å². The largest absolute Gasteiger partial charge is 0.435 e. The highest BCUT2D eigenvalue weighted by molar-refractivity contribution is 7.99. The van der Waals surface area contributed by atoms with Crippen molar-refractivity contribution in [1.29, 1.82) is 0 Å². The first-order chi connectivity index (χ1) is 8.59. The smallest absolute Gasteiger partial charge is 0.311 e. The predicted molar refractivity (Wildman–Crippen MR) is 80.2 cm³/mol. The molecule has 0 radical (unpaired) electrons. The average molecular weight is 288 g/mol. The minimum Gasteiger partial charge on any atom is -0.435 e. The second kappa shape index (κ2) is 6.49. The molecule has 0 aromatic heterocycles. The molecule has 112 valence electrons. The highest BCUT2D eigenvalue weighted by atomic mass is 32.2. The van der Waals surface area contributed by atoms with E-state index < -0.39 is 0 Å². The summed E-state index contributed by atoms with van der Waals surface area (Å²) in [5.74, 6) is 1.52. The van der Waals surface area contributed by atoms with Crippen molar-refractivity contribution in [3.05, 3.63) is 0 Å². The molecule has 0 saturated carbocycles. The van der Waals surface area contributed by atoms with Gasteiger partial charge in [-0.05, 0) is 17.3 Å². The Labute approximate surface area is 121 Å². The average Bonchev–Trinajstić information content (AvgIpc) is 2.24. The molecule has 0 spiro atoms. The molecule has 0 bridgehead atoms. The van der Waals surface area contributed by atoms with Crippen molar-refractivity contribution in [2.24, 2.45) is 16.7 Å². The monoisotopic (exact) mass is 288 g/mol. The van der Waals surface area contributed by atoms with Gasteiger partial charge in [-0.15, -0.1) is 0 Å². The summed E-state index contributed by atoms with van der Waals surface area (Å²) >= 11 is 1.78. The normalized spacial score (nSPS) is 22.9. The number of hydrogen-bond donors (Lipinski definition) is 0. The van der Waals surface area contributed by atoms with E-state index in [1.807, 2.05) is 0 Å². The van der Waals surface area contributed by atoms with Crippen LogP contribution in [0, 0.1) is 16.7 Å². The molecule has 4 heteroatoms. The van der Waals surface area contributed by atoms with E-state index in [2.05, 4.69) is 41.5 Å². The van der Waals surface area contributed by atoms with Crippen molar-refractivity contribution in [2.75, 3.05) is 18.1 Å². The van der Waals surface area contributed by atoms with Crippen LogP contribution in [0.4, 0.5) is 0 Å². The molecule has 19 heavy (non-hydrogen) atoms. The number of rotatable bonds is 3. The van der Waals surface area contributed by atoms with Crippen LogP contribution < -0.4 is 0 Å². The third kappa shape index (κ3) is 6.17. The molecular formula is C15H28O3S. The van der Waals surface area contributed by atoms with Crippen LogP contribution in [-0.4, -0.2) is 30.4 Å². The summed E-state index contributed by atoms with van der Waals surface area (Å²) in [6.07, 6.45) is 0.464. The zero-order valence-electron chi connectivity index (χ0n) is 13.1. The van der Waals surface area contributed by atoms with E-state index in [1.165, 1.54) is 0 Å². The molecule has 0 aliphatic carbocycles. The molecule has 1 rings (SSSR count). The Bertz CT molecular complexity index is 295. The van der Waals surface area contributed by atoms with Gasteiger partial charge in [0.15, 0.2) is 0 Å². The fourth-order valence-corrected chi connectivity index (χ4v) is 2.84. The third-order valence-electron chi connectivity index (χ3n) is 3.18. The molecule has 1 unspecified atom stereocenters. The standard InChI is InChI=1S/C15H28O3S/c1-14(2,3)9-11(15(4,5)6)13(16)18-12-10-19-8-7-17-12/h11-12H,7-10H2,1-6H3/t11?,12-/m1/s1. The molecule has 0 amide bonds. The Kier molecular flexibility index (Phi) is 5.75. The summed E-state index contributed by atoms with van der Waals surface area (Å²) in [6.45, 7) is 13.4. The fraction of sp³-hybridized carbons (Fsp3) is 0.933. The number of hydrogen-bond acceptors (Lipinski definition) is 4. The molecule has 1 aliphatic rings. The van der Waals surface area contributed by atoms with Crippen LogP contribution in [0.1, 0.15) is 48.0 Å². The molecule has 1 fully saturated rings. The predicted octanol–water partition coefficient (Wildman–Crippen LogP) is 3.72. The van der Waals surface area contributed by atoms with E-state index >= 15 is 0 Å². The second-order valence-electron chi connectivity index (χ2n) is 7.50.